The number of hydrogen-bond donors (Lipinski definition) is 1. The molecule has 2 nitrogen and oxygen atoms in total. The predicted octanol–water partition coefficient (Wildman–Crippen LogP) is 2.27. The number of ether oxygens (including phenoxy) is 1. The van der Waals surface area contributed by atoms with Crippen molar-refractivity contribution < 1.29 is 9.84 Å². The molecule has 2 heteroatoms. The molecule has 2 bridgehead atoms. The van der Waals surface area contributed by atoms with Gasteiger partial charge in [0.25, 0.3) is 0 Å². The summed E-state index contributed by atoms with van der Waals surface area (Å²) in [5.41, 5.74) is 1.73. The van der Waals surface area contributed by atoms with Gasteiger partial charge in [0.1, 0.15) is 0 Å². The average molecular weight is 208 g/mol. The first-order valence-corrected chi connectivity index (χ1v) is 6.31. The molecule has 3 aliphatic rings. The van der Waals surface area contributed by atoms with Crippen LogP contribution in [0.2, 0.25) is 0 Å². The number of aliphatic hydroxyl groups excluding tert-OH is 1. The molecule has 15 heavy (non-hydrogen) atoms. The predicted molar refractivity (Wildman–Crippen MR) is 58.5 cm³/mol. The Labute approximate surface area is 91.3 Å². The molecule has 0 heterocycles. The molecule has 84 valence electrons. The Balaban J connectivity index is 1.73. The Morgan fingerprint density at radius 1 is 1.47 bits per heavy atom. The molecule has 0 amide bonds. The van der Waals surface area contributed by atoms with Crippen molar-refractivity contribution in [2.75, 3.05) is 13.2 Å². The van der Waals surface area contributed by atoms with Gasteiger partial charge in [-0.1, -0.05) is 6.08 Å². The highest BCUT2D eigenvalue weighted by Crippen LogP contribution is 2.60. The van der Waals surface area contributed by atoms with Crippen LogP contribution in [0, 0.1) is 11.8 Å². The van der Waals surface area contributed by atoms with E-state index in [1.807, 2.05) is 0 Å². The van der Waals surface area contributed by atoms with E-state index in [0.29, 0.717) is 0 Å². The lowest BCUT2D eigenvalue weighted by Crippen LogP contribution is -2.31. The van der Waals surface area contributed by atoms with Crippen LogP contribution < -0.4 is 0 Å². The standard InChI is InChI=1S/C13H20O2/c14-7-2-8-15-13-6-5-10(9-13)11-3-1-4-12(11)13/h4,10-11,14H,1-3,5-9H2. The van der Waals surface area contributed by atoms with Crippen LogP contribution >= 0.6 is 0 Å². The van der Waals surface area contributed by atoms with Gasteiger partial charge >= 0.3 is 0 Å². The molecule has 0 aromatic heterocycles. The monoisotopic (exact) mass is 208 g/mol. The van der Waals surface area contributed by atoms with E-state index in [0.717, 1.165) is 24.9 Å². The average Bonchev–Trinajstić information content (AvgIpc) is 2.89. The van der Waals surface area contributed by atoms with Gasteiger partial charge in [-0.05, 0) is 55.9 Å². The molecule has 2 saturated carbocycles. The molecule has 0 aromatic carbocycles. The molecular weight excluding hydrogens is 188 g/mol. The van der Waals surface area contributed by atoms with Crippen LogP contribution in [0.25, 0.3) is 0 Å². The summed E-state index contributed by atoms with van der Waals surface area (Å²) in [6.07, 6.45) is 9.70. The van der Waals surface area contributed by atoms with Crippen molar-refractivity contribution >= 4 is 0 Å². The summed E-state index contributed by atoms with van der Waals surface area (Å²) in [5.74, 6) is 1.76. The van der Waals surface area contributed by atoms with Crippen LogP contribution in [0.4, 0.5) is 0 Å². The molecule has 0 aromatic rings. The van der Waals surface area contributed by atoms with Gasteiger partial charge in [0.2, 0.25) is 0 Å². The van der Waals surface area contributed by atoms with Crippen molar-refractivity contribution in [2.45, 2.75) is 44.1 Å². The van der Waals surface area contributed by atoms with Crippen molar-refractivity contribution in [3.8, 4) is 0 Å². The summed E-state index contributed by atoms with van der Waals surface area (Å²) < 4.78 is 6.11. The van der Waals surface area contributed by atoms with E-state index in [4.69, 9.17) is 9.84 Å². The molecule has 0 saturated heterocycles. The Morgan fingerprint density at radius 2 is 2.40 bits per heavy atom. The maximum absolute atomic E-state index is 8.80. The second-order valence-corrected chi connectivity index (χ2v) is 5.27. The summed E-state index contributed by atoms with van der Waals surface area (Å²) in [5, 5.41) is 8.80. The topological polar surface area (TPSA) is 29.5 Å². The molecule has 3 rings (SSSR count). The highest BCUT2D eigenvalue weighted by atomic mass is 16.5. The third-order valence-corrected chi connectivity index (χ3v) is 4.53. The van der Waals surface area contributed by atoms with Gasteiger partial charge in [0, 0.05) is 13.2 Å². The van der Waals surface area contributed by atoms with E-state index in [1.54, 1.807) is 5.57 Å². The van der Waals surface area contributed by atoms with Gasteiger partial charge in [0.15, 0.2) is 0 Å². The first-order valence-electron chi connectivity index (χ1n) is 6.31. The third kappa shape index (κ3) is 1.38. The third-order valence-electron chi connectivity index (χ3n) is 4.53. The zero-order chi connectivity index (χ0) is 10.3. The van der Waals surface area contributed by atoms with Crippen LogP contribution in [-0.2, 0) is 4.74 Å². The number of fused-ring (bicyclic) bond motifs is 5. The highest BCUT2D eigenvalue weighted by molar-refractivity contribution is 5.33. The highest BCUT2D eigenvalue weighted by Gasteiger charge is 2.55. The van der Waals surface area contributed by atoms with Crippen LogP contribution in [0.1, 0.15) is 38.5 Å². The van der Waals surface area contributed by atoms with E-state index in [9.17, 15) is 0 Å². The molecular formula is C13H20O2. The van der Waals surface area contributed by atoms with Crippen molar-refractivity contribution in [1.29, 1.82) is 0 Å². The molecule has 0 radical (unpaired) electrons. The van der Waals surface area contributed by atoms with Crippen molar-refractivity contribution in [2.24, 2.45) is 11.8 Å². The Kier molecular flexibility index (Phi) is 2.37. The van der Waals surface area contributed by atoms with Crippen LogP contribution in [0.5, 0.6) is 0 Å². The van der Waals surface area contributed by atoms with Gasteiger partial charge < -0.3 is 9.84 Å². The zero-order valence-corrected chi connectivity index (χ0v) is 9.24. The first kappa shape index (κ1) is 9.86. The maximum atomic E-state index is 8.80. The van der Waals surface area contributed by atoms with Gasteiger partial charge in [-0.15, -0.1) is 0 Å². The van der Waals surface area contributed by atoms with Crippen LogP contribution in [0.15, 0.2) is 11.6 Å². The summed E-state index contributed by atoms with van der Waals surface area (Å²) in [7, 11) is 0. The molecule has 3 atom stereocenters. The fraction of sp³-hybridized carbons (Fsp3) is 0.846. The fourth-order valence-electron chi connectivity index (χ4n) is 3.94. The Hall–Kier alpha value is -0.340. The van der Waals surface area contributed by atoms with Crippen LogP contribution in [-0.4, -0.2) is 23.9 Å². The number of allylic oxidation sites excluding steroid dienone is 1. The molecule has 1 N–H and O–H groups in total. The van der Waals surface area contributed by atoms with E-state index in [1.165, 1.54) is 32.1 Å². The fourth-order valence-corrected chi connectivity index (χ4v) is 3.94. The number of rotatable bonds is 4. The van der Waals surface area contributed by atoms with E-state index >= 15 is 0 Å². The number of hydrogen-bond acceptors (Lipinski definition) is 2. The van der Waals surface area contributed by atoms with Crippen molar-refractivity contribution in [3.05, 3.63) is 11.6 Å². The smallest absolute Gasteiger partial charge is 0.0897 e. The summed E-state index contributed by atoms with van der Waals surface area (Å²) >= 11 is 0. The summed E-state index contributed by atoms with van der Waals surface area (Å²) in [6.45, 7) is 0.981. The summed E-state index contributed by atoms with van der Waals surface area (Å²) in [6, 6.07) is 0. The first-order chi connectivity index (χ1) is 7.36. The SMILES string of the molecule is OCCCOC12CCC(C1)C1CCC=C12. The summed E-state index contributed by atoms with van der Waals surface area (Å²) in [4.78, 5) is 0. The van der Waals surface area contributed by atoms with Crippen molar-refractivity contribution in [1.82, 2.24) is 0 Å². The van der Waals surface area contributed by atoms with Gasteiger partial charge in [-0.2, -0.15) is 0 Å². The Morgan fingerprint density at radius 3 is 3.27 bits per heavy atom. The molecule has 0 aliphatic heterocycles. The lowest BCUT2D eigenvalue weighted by molar-refractivity contribution is -0.0140. The molecule has 3 aliphatic carbocycles. The van der Waals surface area contributed by atoms with E-state index in [2.05, 4.69) is 6.08 Å². The lowest BCUT2D eigenvalue weighted by atomic mass is 9.84. The molecule has 2 fully saturated rings. The van der Waals surface area contributed by atoms with E-state index in [-0.39, 0.29) is 12.2 Å². The Bertz CT molecular complexity index is 284. The largest absolute Gasteiger partial charge is 0.396 e. The van der Waals surface area contributed by atoms with Gasteiger partial charge in [-0.25, -0.2) is 0 Å². The second kappa shape index (κ2) is 3.60. The zero-order valence-electron chi connectivity index (χ0n) is 9.24. The maximum Gasteiger partial charge on any atom is 0.0897 e. The van der Waals surface area contributed by atoms with Crippen LogP contribution in [0.3, 0.4) is 0 Å². The lowest BCUT2D eigenvalue weighted by Gasteiger charge is -2.31. The van der Waals surface area contributed by atoms with Gasteiger partial charge in [-0.3, -0.25) is 0 Å². The normalized spacial score (nSPS) is 42.1. The minimum atomic E-state index is 0.112. The quantitative estimate of drug-likeness (QED) is 0.567. The minimum absolute atomic E-state index is 0.112. The number of aliphatic hydroxyl groups is 1. The van der Waals surface area contributed by atoms with Gasteiger partial charge in [0.05, 0.1) is 5.60 Å². The van der Waals surface area contributed by atoms with Crippen molar-refractivity contribution in [3.63, 3.8) is 0 Å². The molecule has 3 unspecified atom stereocenters. The second-order valence-electron chi connectivity index (χ2n) is 5.27. The molecule has 0 spiro atoms. The minimum Gasteiger partial charge on any atom is -0.396 e. The van der Waals surface area contributed by atoms with E-state index < -0.39 is 0 Å².